The third-order valence-corrected chi connectivity index (χ3v) is 6.87. The number of hydrogen-bond donors (Lipinski definition) is 1. The zero-order chi connectivity index (χ0) is 22.1. The second-order valence-corrected chi connectivity index (χ2v) is 8.75. The quantitative estimate of drug-likeness (QED) is 0.657. The van der Waals surface area contributed by atoms with Crippen LogP contribution in [0.4, 0.5) is 5.69 Å². The monoisotopic (exact) mass is 441 g/mol. The van der Waals surface area contributed by atoms with E-state index in [0.717, 1.165) is 37.5 Å². The number of nitrogens with one attached hydrogen (secondary N) is 1. The molecule has 0 saturated carbocycles. The molecule has 0 bridgehead atoms. The molecule has 2 aromatic heterocycles. The molecule has 1 amide bonds. The molecule has 164 valence electrons. The van der Waals surface area contributed by atoms with E-state index in [4.69, 9.17) is 0 Å². The van der Waals surface area contributed by atoms with E-state index in [1.54, 1.807) is 4.90 Å². The maximum atomic E-state index is 13.2. The fourth-order valence-electron chi connectivity index (χ4n) is 3.98. The Bertz CT molecular complexity index is 1230. The summed E-state index contributed by atoms with van der Waals surface area (Å²) in [6, 6.07) is 6.28. The van der Waals surface area contributed by atoms with Crippen molar-refractivity contribution < 1.29 is 4.79 Å². The van der Waals surface area contributed by atoms with Gasteiger partial charge in [0, 0.05) is 38.4 Å². The molecule has 0 spiro atoms. The molecule has 1 saturated heterocycles. The number of unbranched alkanes of at least 4 members (excludes halogenated alkanes) is 1. The number of aromatic nitrogens is 3. The lowest BCUT2D eigenvalue weighted by Crippen LogP contribution is -2.49. The highest BCUT2D eigenvalue weighted by Crippen LogP contribution is 2.25. The number of amides is 1. The van der Waals surface area contributed by atoms with Crippen LogP contribution >= 0.6 is 11.5 Å². The van der Waals surface area contributed by atoms with Crippen LogP contribution in [0.5, 0.6) is 0 Å². The molecule has 1 aliphatic heterocycles. The summed E-state index contributed by atoms with van der Waals surface area (Å²) in [6.45, 7) is 9.17. The first-order valence-electron chi connectivity index (χ1n) is 10.6. The molecule has 0 radical (unpaired) electrons. The largest absolute Gasteiger partial charge is 0.368 e. The number of benzene rings is 1. The van der Waals surface area contributed by atoms with Crippen molar-refractivity contribution in [2.45, 2.75) is 40.2 Å². The number of anilines is 1. The second kappa shape index (κ2) is 8.66. The van der Waals surface area contributed by atoms with Crippen LogP contribution in [0.2, 0.25) is 0 Å². The third kappa shape index (κ3) is 3.89. The standard InChI is InChI=1S/C22H27N5O3S/c1-4-5-9-27-20(28)18-17(23-22(27)30)19(31-24-18)21(29)26-12-10-25(11-13-26)16-8-6-7-14(2)15(16)3/h6-8H,4-5,9-13H2,1-3H3,(H,23,30). The van der Waals surface area contributed by atoms with Gasteiger partial charge < -0.3 is 14.8 Å². The number of aryl methyl sites for hydroxylation is 1. The number of fused-ring (bicyclic) bond motifs is 1. The minimum atomic E-state index is -0.486. The number of nitrogens with zero attached hydrogens (tertiary/aromatic N) is 4. The summed E-state index contributed by atoms with van der Waals surface area (Å²) in [7, 11) is 0. The smallest absolute Gasteiger partial charge is 0.328 e. The zero-order valence-corrected chi connectivity index (χ0v) is 18.9. The van der Waals surface area contributed by atoms with Crippen LogP contribution < -0.4 is 16.1 Å². The van der Waals surface area contributed by atoms with E-state index in [2.05, 4.69) is 46.3 Å². The van der Waals surface area contributed by atoms with Crippen molar-refractivity contribution in [2.24, 2.45) is 0 Å². The van der Waals surface area contributed by atoms with E-state index in [1.165, 1.54) is 21.4 Å². The Balaban J connectivity index is 1.55. The molecule has 4 rings (SSSR count). The first kappa shape index (κ1) is 21.3. The van der Waals surface area contributed by atoms with Crippen molar-refractivity contribution in [2.75, 3.05) is 31.1 Å². The lowest BCUT2D eigenvalue weighted by Gasteiger charge is -2.36. The SMILES string of the molecule is CCCCn1c(=O)[nH]c2c(C(=O)N3CCN(c4cccc(C)c4C)CC3)snc2c1=O. The zero-order valence-electron chi connectivity index (χ0n) is 18.1. The molecule has 0 atom stereocenters. The summed E-state index contributed by atoms with van der Waals surface area (Å²) in [5, 5.41) is 0. The maximum absolute atomic E-state index is 13.2. The van der Waals surface area contributed by atoms with Gasteiger partial charge in [-0.05, 0) is 49.0 Å². The van der Waals surface area contributed by atoms with Crippen molar-refractivity contribution in [3.63, 3.8) is 0 Å². The van der Waals surface area contributed by atoms with E-state index in [9.17, 15) is 14.4 Å². The number of rotatable bonds is 5. The Morgan fingerprint density at radius 3 is 2.61 bits per heavy atom. The highest BCUT2D eigenvalue weighted by molar-refractivity contribution is 7.09. The number of carbonyl (C=O) groups excluding carboxylic acids is 1. The first-order chi connectivity index (χ1) is 14.9. The van der Waals surface area contributed by atoms with Gasteiger partial charge in [0.1, 0.15) is 4.88 Å². The van der Waals surface area contributed by atoms with Crippen LogP contribution in [-0.2, 0) is 6.54 Å². The average molecular weight is 442 g/mol. The van der Waals surface area contributed by atoms with E-state index in [0.29, 0.717) is 24.5 Å². The lowest BCUT2D eigenvalue weighted by molar-refractivity contribution is 0.0753. The van der Waals surface area contributed by atoms with E-state index in [1.807, 2.05) is 6.92 Å². The molecular weight excluding hydrogens is 414 g/mol. The number of aromatic amines is 1. The molecular formula is C22H27N5O3S. The molecule has 1 aliphatic rings. The normalized spacial score (nSPS) is 14.4. The van der Waals surface area contributed by atoms with Gasteiger partial charge in [-0.3, -0.25) is 14.2 Å². The van der Waals surface area contributed by atoms with Gasteiger partial charge in [-0.2, -0.15) is 4.37 Å². The topological polar surface area (TPSA) is 91.3 Å². The maximum Gasteiger partial charge on any atom is 0.328 e. The van der Waals surface area contributed by atoms with E-state index in [-0.39, 0.29) is 16.9 Å². The summed E-state index contributed by atoms with van der Waals surface area (Å²) in [5.74, 6) is -0.186. The summed E-state index contributed by atoms with van der Waals surface area (Å²) in [6.07, 6.45) is 1.61. The fraction of sp³-hybridized carbons (Fsp3) is 0.455. The molecule has 3 heterocycles. The number of H-pyrrole nitrogens is 1. The molecule has 0 unspecified atom stereocenters. The van der Waals surface area contributed by atoms with Crippen molar-refractivity contribution in [3.8, 4) is 0 Å². The summed E-state index contributed by atoms with van der Waals surface area (Å²) in [5.41, 5.74) is 3.22. The number of hydrogen-bond acceptors (Lipinski definition) is 6. The van der Waals surface area contributed by atoms with Crippen molar-refractivity contribution in [1.82, 2.24) is 18.8 Å². The van der Waals surface area contributed by atoms with E-state index < -0.39 is 11.2 Å². The Labute approximate surface area is 184 Å². The van der Waals surface area contributed by atoms with Gasteiger partial charge in [-0.25, -0.2) is 4.79 Å². The van der Waals surface area contributed by atoms with Crippen LogP contribution in [0.15, 0.2) is 27.8 Å². The van der Waals surface area contributed by atoms with Gasteiger partial charge in [-0.1, -0.05) is 25.5 Å². The lowest BCUT2D eigenvalue weighted by atomic mass is 10.1. The summed E-state index contributed by atoms with van der Waals surface area (Å²) < 4.78 is 5.38. The predicted octanol–water partition coefficient (Wildman–Crippen LogP) is 2.53. The molecule has 1 fully saturated rings. The van der Waals surface area contributed by atoms with Crippen molar-refractivity contribution in [3.05, 3.63) is 55.0 Å². The molecule has 0 aliphatic carbocycles. The molecule has 8 nitrogen and oxygen atoms in total. The van der Waals surface area contributed by atoms with Gasteiger partial charge in [0.05, 0.1) is 5.52 Å². The van der Waals surface area contributed by atoms with Gasteiger partial charge in [0.2, 0.25) is 0 Å². The molecule has 1 N–H and O–H groups in total. The van der Waals surface area contributed by atoms with Gasteiger partial charge in [0.25, 0.3) is 11.5 Å². The van der Waals surface area contributed by atoms with Gasteiger partial charge >= 0.3 is 5.69 Å². The van der Waals surface area contributed by atoms with Gasteiger partial charge in [-0.15, -0.1) is 0 Å². The Morgan fingerprint density at radius 2 is 1.90 bits per heavy atom. The van der Waals surface area contributed by atoms with Crippen LogP contribution in [-0.4, -0.2) is 50.9 Å². The molecule has 9 heteroatoms. The van der Waals surface area contributed by atoms with Crippen LogP contribution in [0.1, 0.15) is 40.6 Å². The summed E-state index contributed by atoms with van der Waals surface area (Å²) >= 11 is 0.983. The third-order valence-electron chi connectivity index (χ3n) is 6.03. The van der Waals surface area contributed by atoms with E-state index >= 15 is 0 Å². The minimum absolute atomic E-state index is 0.165. The van der Waals surface area contributed by atoms with Crippen LogP contribution in [0, 0.1) is 13.8 Å². The first-order valence-corrected chi connectivity index (χ1v) is 11.4. The molecule has 3 aromatic rings. The highest BCUT2D eigenvalue weighted by atomic mass is 32.1. The highest BCUT2D eigenvalue weighted by Gasteiger charge is 2.27. The van der Waals surface area contributed by atoms with Crippen LogP contribution in [0.25, 0.3) is 11.0 Å². The van der Waals surface area contributed by atoms with Crippen molar-refractivity contribution in [1.29, 1.82) is 0 Å². The molecule has 1 aromatic carbocycles. The second-order valence-electron chi connectivity index (χ2n) is 7.97. The number of carbonyl (C=O) groups is 1. The van der Waals surface area contributed by atoms with Gasteiger partial charge in [0.15, 0.2) is 5.52 Å². The van der Waals surface area contributed by atoms with Crippen molar-refractivity contribution >= 4 is 34.2 Å². The Hall–Kier alpha value is -2.94. The van der Waals surface area contributed by atoms with Crippen LogP contribution in [0.3, 0.4) is 0 Å². The Morgan fingerprint density at radius 1 is 1.16 bits per heavy atom. The predicted molar refractivity (Wildman–Crippen MR) is 123 cm³/mol. The fourth-order valence-corrected chi connectivity index (χ4v) is 4.78. The molecule has 31 heavy (non-hydrogen) atoms. The average Bonchev–Trinajstić information content (AvgIpc) is 3.19. The minimum Gasteiger partial charge on any atom is -0.368 e. The number of piperazine rings is 1. The summed E-state index contributed by atoms with van der Waals surface area (Å²) in [4.78, 5) is 45.4. The Kier molecular flexibility index (Phi) is 5.95.